The van der Waals surface area contributed by atoms with E-state index in [1.165, 1.54) is 14.2 Å². The lowest BCUT2D eigenvalue weighted by Crippen LogP contribution is -2.34. The Morgan fingerprint density at radius 2 is 1.06 bits per heavy atom. The third-order valence-electron chi connectivity index (χ3n) is 7.62. The SMILES string of the molecule is COC(=O)c1c(-c2ccccc2)cc2n1C1CCCCC1n1c-2cc(-c2ccccc2)c1C(=O)OC. The van der Waals surface area contributed by atoms with Gasteiger partial charge in [-0.05, 0) is 36.1 Å². The van der Waals surface area contributed by atoms with Crippen molar-refractivity contribution < 1.29 is 19.1 Å². The van der Waals surface area contributed by atoms with Gasteiger partial charge in [-0.1, -0.05) is 73.5 Å². The maximum absolute atomic E-state index is 13.3. The molecule has 1 fully saturated rings. The number of nitrogens with zero attached hydrogens (tertiary/aromatic N) is 2. The molecular weight excluding hydrogens is 452 g/mol. The van der Waals surface area contributed by atoms with Crippen LogP contribution in [0.3, 0.4) is 0 Å². The van der Waals surface area contributed by atoms with Gasteiger partial charge in [0.05, 0.1) is 37.7 Å². The average molecular weight is 481 g/mol. The van der Waals surface area contributed by atoms with Gasteiger partial charge in [-0.2, -0.15) is 0 Å². The highest BCUT2D eigenvalue weighted by Gasteiger charge is 2.42. The van der Waals surface area contributed by atoms with Gasteiger partial charge < -0.3 is 18.6 Å². The number of rotatable bonds is 4. The molecule has 2 aliphatic rings. The quantitative estimate of drug-likeness (QED) is 0.312. The highest BCUT2D eigenvalue weighted by Crippen LogP contribution is 2.51. The summed E-state index contributed by atoms with van der Waals surface area (Å²) in [6.07, 6.45) is 3.97. The van der Waals surface area contributed by atoms with Crippen LogP contribution in [-0.2, 0) is 9.47 Å². The van der Waals surface area contributed by atoms with Crippen LogP contribution in [0.15, 0.2) is 72.8 Å². The molecule has 182 valence electrons. The number of fused-ring (bicyclic) bond motifs is 6. The van der Waals surface area contributed by atoms with E-state index < -0.39 is 0 Å². The van der Waals surface area contributed by atoms with Crippen molar-refractivity contribution in [3.05, 3.63) is 84.2 Å². The molecule has 6 nitrogen and oxygen atoms in total. The number of carbonyl (C=O) groups is 2. The smallest absolute Gasteiger partial charge is 0.355 e. The molecule has 1 saturated carbocycles. The van der Waals surface area contributed by atoms with Gasteiger partial charge in [-0.25, -0.2) is 9.59 Å². The fourth-order valence-electron chi connectivity index (χ4n) is 6.11. The fourth-order valence-corrected chi connectivity index (χ4v) is 6.11. The summed E-state index contributed by atoms with van der Waals surface area (Å²) in [4.78, 5) is 26.5. The third kappa shape index (κ3) is 3.32. The molecule has 0 N–H and O–H groups in total. The zero-order valence-electron chi connectivity index (χ0n) is 20.4. The third-order valence-corrected chi connectivity index (χ3v) is 7.62. The van der Waals surface area contributed by atoms with Gasteiger partial charge >= 0.3 is 11.9 Å². The molecule has 2 aromatic heterocycles. The molecular formula is C30H28N2O4. The molecule has 6 rings (SSSR count). The number of aromatic nitrogens is 2. The molecule has 0 saturated heterocycles. The lowest BCUT2D eigenvalue weighted by atomic mass is 9.87. The van der Waals surface area contributed by atoms with Crippen LogP contribution in [0.5, 0.6) is 0 Å². The normalized spacial score (nSPS) is 18.1. The molecule has 1 aliphatic heterocycles. The number of ether oxygens (including phenoxy) is 2. The van der Waals surface area contributed by atoms with Crippen molar-refractivity contribution in [1.82, 2.24) is 9.13 Å². The van der Waals surface area contributed by atoms with Gasteiger partial charge in [-0.15, -0.1) is 0 Å². The maximum atomic E-state index is 13.3. The summed E-state index contributed by atoms with van der Waals surface area (Å²) >= 11 is 0. The number of benzene rings is 2. The summed E-state index contributed by atoms with van der Waals surface area (Å²) in [7, 11) is 2.87. The molecule has 0 spiro atoms. The summed E-state index contributed by atoms with van der Waals surface area (Å²) in [6, 6.07) is 24.1. The largest absolute Gasteiger partial charge is 0.464 e. The van der Waals surface area contributed by atoms with Crippen LogP contribution in [-0.4, -0.2) is 35.3 Å². The van der Waals surface area contributed by atoms with Crippen LogP contribution in [0.25, 0.3) is 33.6 Å². The second-order valence-electron chi connectivity index (χ2n) is 9.46. The Hall–Kier alpha value is -4.06. The molecule has 0 bridgehead atoms. The van der Waals surface area contributed by atoms with E-state index in [0.29, 0.717) is 11.4 Å². The first-order valence-electron chi connectivity index (χ1n) is 12.4. The Morgan fingerprint density at radius 1 is 0.667 bits per heavy atom. The van der Waals surface area contributed by atoms with Gasteiger partial charge in [0, 0.05) is 11.1 Å². The highest BCUT2D eigenvalue weighted by atomic mass is 16.5. The van der Waals surface area contributed by atoms with Crippen LogP contribution in [0, 0.1) is 0 Å². The minimum atomic E-state index is -0.346. The van der Waals surface area contributed by atoms with Gasteiger partial charge in [0.15, 0.2) is 0 Å². The first-order valence-corrected chi connectivity index (χ1v) is 12.4. The number of hydrogen-bond acceptors (Lipinski definition) is 4. The first-order chi connectivity index (χ1) is 17.6. The van der Waals surface area contributed by atoms with Crippen molar-refractivity contribution in [2.24, 2.45) is 0 Å². The zero-order valence-corrected chi connectivity index (χ0v) is 20.4. The van der Waals surface area contributed by atoms with E-state index in [-0.39, 0.29) is 24.0 Å². The molecule has 2 atom stereocenters. The van der Waals surface area contributed by atoms with Crippen LogP contribution < -0.4 is 0 Å². The zero-order chi connectivity index (χ0) is 24.8. The Kier molecular flexibility index (Phi) is 5.52. The topological polar surface area (TPSA) is 62.5 Å². The van der Waals surface area contributed by atoms with Crippen LogP contribution in [0.2, 0.25) is 0 Å². The molecule has 2 unspecified atom stereocenters. The van der Waals surface area contributed by atoms with E-state index in [4.69, 9.17) is 9.47 Å². The number of methoxy groups -OCH3 is 2. The van der Waals surface area contributed by atoms with E-state index in [9.17, 15) is 9.59 Å². The predicted octanol–water partition coefficient (Wildman–Crippen LogP) is 6.53. The summed E-state index contributed by atoms with van der Waals surface area (Å²) in [5.74, 6) is -0.693. The van der Waals surface area contributed by atoms with Crippen molar-refractivity contribution in [3.8, 4) is 33.6 Å². The molecule has 0 amide bonds. The lowest BCUT2D eigenvalue weighted by molar-refractivity contribution is 0.0561. The Morgan fingerprint density at radius 3 is 1.42 bits per heavy atom. The van der Waals surface area contributed by atoms with Gasteiger partial charge in [0.2, 0.25) is 0 Å². The van der Waals surface area contributed by atoms with Gasteiger partial charge in [0.1, 0.15) is 11.4 Å². The molecule has 0 radical (unpaired) electrons. The first kappa shape index (κ1) is 22.4. The summed E-state index contributed by atoms with van der Waals surface area (Å²) < 4.78 is 15.0. The molecule has 3 heterocycles. The van der Waals surface area contributed by atoms with Crippen LogP contribution >= 0.6 is 0 Å². The Bertz CT molecular complexity index is 1340. The van der Waals surface area contributed by atoms with Gasteiger partial charge in [-0.3, -0.25) is 0 Å². The Balaban J connectivity index is 1.69. The molecule has 2 aromatic carbocycles. The van der Waals surface area contributed by atoms with Crippen molar-refractivity contribution in [1.29, 1.82) is 0 Å². The molecule has 36 heavy (non-hydrogen) atoms. The molecule has 4 aromatic rings. The van der Waals surface area contributed by atoms with E-state index in [1.807, 2.05) is 60.7 Å². The Labute approximate surface area is 210 Å². The predicted molar refractivity (Wildman–Crippen MR) is 138 cm³/mol. The van der Waals surface area contributed by atoms with E-state index in [0.717, 1.165) is 59.3 Å². The van der Waals surface area contributed by atoms with Crippen molar-refractivity contribution in [3.63, 3.8) is 0 Å². The van der Waals surface area contributed by atoms with Crippen molar-refractivity contribution in [2.45, 2.75) is 37.8 Å². The van der Waals surface area contributed by atoms with E-state index in [2.05, 4.69) is 21.3 Å². The monoisotopic (exact) mass is 480 g/mol. The summed E-state index contributed by atoms with van der Waals surface area (Å²) in [6.45, 7) is 0. The van der Waals surface area contributed by atoms with Gasteiger partial charge in [0.25, 0.3) is 0 Å². The molecule has 6 heteroatoms. The summed E-state index contributed by atoms with van der Waals surface area (Å²) in [5, 5.41) is 0. The molecule has 1 aliphatic carbocycles. The number of hydrogen-bond donors (Lipinski definition) is 0. The van der Waals surface area contributed by atoms with Crippen LogP contribution in [0.4, 0.5) is 0 Å². The average Bonchev–Trinajstić information content (AvgIpc) is 3.53. The summed E-state index contributed by atoms with van der Waals surface area (Å²) in [5.41, 5.74) is 6.60. The number of esters is 2. The maximum Gasteiger partial charge on any atom is 0.355 e. The highest BCUT2D eigenvalue weighted by molar-refractivity contribution is 6.01. The second-order valence-corrected chi connectivity index (χ2v) is 9.46. The minimum absolute atomic E-state index is 0.0345. The van der Waals surface area contributed by atoms with Crippen LogP contribution in [0.1, 0.15) is 58.7 Å². The minimum Gasteiger partial charge on any atom is -0.464 e. The fraction of sp³-hybridized carbons (Fsp3) is 0.267. The lowest BCUT2D eigenvalue weighted by Gasteiger charge is -2.41. The number of carbonyl (C=O) groups excluding carboxylic acids is 2. The van der Waals surface area contributed by atoms with E-state index >= 15 is 0 Å². The van der Waals surface area contributed by atoms with Crippen molar-refractivity contribution in [2.75, 3.05) is 14.2 Å². The van der Waals surface area contributed by atoms with E-state index in [1.54, 1.807) is 0 Å². The second kappa shape index (κ2) is 8.86. The van der Waals surface area contributed by atoms with Crippen molar-refractivity contribution >= 4 is 11.9 Å². The standard InChI is InChI=1S/C30H28N2O4/c1-35-29(33)27-21(19-11-5-3-6-12-19)17-25-26-18-22(20-13-7-4-8-14-20)28(30(34)36-2)32(26)24-16-10-9-15-23(24)31(25)27/h3-8,11-14,17-18,23-24H,9-10,15-16H2,1-2H3.